The Balaban J connectivity index is 1.09. The minimum atomic E-state index is -0.966. The highest BCUT2D eigenvalue weighted by atomic mass is 19.1. The number of piperidine rings is 1. The van der Waals surface area contributed by atoms with E-state index in [1.54, 1.807) is 30.5 Å². The predicted molar refractivity (Wildman–Crippen MR) is 147 cm³/mol. The summed E-state index contributed by atoms with van der Waals surface area (Å²) in [6.45, 7) is 4.96. The molecule has 2 fully saturated rings. The second-order valence-electron chi connectivity index (χ2n) is 10.6. The number of benzene rings is 2. The van der Waals surface area contributed by atoms with Crippen molar-refractivity contribution in [2.45, 2.75) is 57.6 Å². The van der Waals surface area contributed by atoms with Gasteiger partial charge in [-0.25, -0.2) is 23.5 Å². The van der Waals surface area contributed by atoms with Crippen molar-refractivity contribution in [2.24, 2.45) is 0 Å². The van der Waals surface area contributed by atoms with Gasteiger partial charge in [-0.05, 0) is 56.5 Å². The van der Waals surface area contributed by atoms with E-state index in [9.17, 15) is 18.7 Å². The lowest BCUT2D eigenvalue weighted by Gasteiger charge is -2.36. The van der Waals surface area contributed by atoms with E-state index in [2.05, 4.69) is 26.4 Å². The number of imidazole rings is 1. The van der Waals surface area contributed by atoms with E-state index in [0.717, 1.165) is 67.9 Å². The first kappa shape index (κ1) is 28.0. The van der Waals surface area contributed by atoms with Gasteiger partial charge in [-0.15, -0.1) is 0 Å². The van der Waals surface area contributed by atoms with E-state index in [1.807, 2.05) is 0 Å². The van der Waals surface area contributed by atoms with E-state index in [1.165, 1.54) is 6.07 Å². The van der Waals surface area contributed by atoms with Crippen LogP contribution in [0.2, 0.25) is 0 Å². The molecular weight excluding hydrogens is 548 g/mol. The number of ether oxygens (including phenoxy) is 3. The third-order valence-electron chi connectivity index (χ3n) is 7.82. The van der Waals surface area contributed by atoms with Crippen LogP contribution in [0.5, 0.6) is 11.6 Å². The summed E-state index contributed by atoms with van der Waals surface area (Å²) in [7, 11) is 0. The summed E-state index contributed by atoms with van der Waals surface area (Å²) in [6.07, 6.45) is 4.12. The Morgan fingerprint density at radius 2 is 1.93 bits per heavy atom. The van der Waals surface area contributed by atoms with Crippen LogP contribution in [-0.2, 0) is 17.9 Å². The number of aromatic carboxylic acids is 1. The maximum absolute atomic E-state index is 13.9. The Bertz CT molecular complexity index is 1590. The van der Waals surface area contributed by atoms with Gasteiger partial charge in [0.05, 0.1) is 35.3 Å². The zero-order valence-corrected chi connectivity index (χ0v) is 23.1. The number of hydrogen-bond donors (Lipinski definition) is 1. The van der Waals surface area contributed by atoms with Crippen molar-refractivity contribution in [3.05, 3.63) is 77.5 Å². The lowest BCUT2D eigenvalue weighted by molar-refractivity contribution is -0.0595. The molecule has 0 aliphatic carbocycles. The van der Waals surface area contributed by atoms with Crippen LogP contribution in [0.25, 0.3) is 11.0 Å². The first-order valence-corrected chi connectivity index (χ1v) is 14.0. The molecule has 12 heteroatoms. The number of likely N-dealkylation sites (tertiary alicyclic amines) is 1. The highest BCUT2D eigenvalue weighted by Crippen LogP contribution is 2.30. The fraction of sp³-hybridized carbons (Fsp3) is 0.400. The van der Waals surface area contributed by atoms with Crippen LogP contribution >= 0.6 is 0 Å². The molecule has 2 aliphatic rings. The van der Waals surface area contributed by atoms with E-state index < -0.39 is 17.6 Å². The lowest BCUT2D eigenvalue weighted by Crippen LogP contribution is -2.41. The van der Waals surface area contributed by atoms with Gasteiger partial charge in [0.2, 0.25) is 5.88 Å². The van der Waals surface area contributed by atoms with Crippen LogP contribution in [0.1, 0.15) is 54.2 Å². The van der Waals surface area contributed by atoms with E-state index in [-0.39, 0.29) is 36.2 Å². The van der Waals surface area contributed by atoms with Crippen LogP contribution in [0.15, 0.2) is 48.7 Å². The molecule has 0 bridgehead atoms. The molecular formula is C30H31F2N5O5. The first-order chi connectivity index (χ1) is 20.3. The summed E-state index contributed by atoms with van der Waals surface area (Å²) in [5, 5.41) is 9.52. The number of halogens is 2. The fourth-order valence-electron chi connectivity index (χ4n) is 5.38. The van der Waals surface area contributed by atoms with Crippen LogP contribution in [-0.4, -0.2) is 67.4 Å². The number of carboxylic acids is 1. The minimum absolute atomic E-state index is 0.00126. The van der Waals surface area contributed by atoms with Crippen molar-refractivity contribution >= 4 is 17.0 Å². The molecule has 0 saturated carbocycles. The number of carboxylic acid groups (broad SMARTS) is 1. The zero-order chi connectivity index (χ0) is 29.2. The number of aromatic nitrogens is 4. The molecule has 220 valence electrons. The third kappa shape index (κ3) is 6.04. The third-order valence-corrected chi connectivity index (χ3v) is 7.82. The maximum atomic E-state index is 13.9. The average molecular weight is 580 g/mol. The Morgan fingerprint density at radius 1 is 1.12 bits per heavy atom. The highest BCUT2D eigenvalue weighted by molar-refractivity contribution is 5.92. The number of carbonyl (C=O) groups is 1. The number of nitrogens with zero attached hydrogens (tertiary/aromatic N) is 5. The Kier molecular flexibility index (Phi) is 7.98. The Hall–Kier alpha value is -4.16. The summed E-state index contributed by atoms with van der Waals surface area (Å²) in [4.78, 5) is 27.4. The fourth-order valence-corrected chi connectivity index (χ4v) is 5.38. The molecule has 0 amide bonds. The molecule has 2 unspecified atom stereocenters. The molecule has 10 nitrogen and oxygen atoms in total. The van der Waals surface area contributed by atoms with Crippen LogP contribution in [0, 0.1) is 11.6 Å². The highest BCUT2D eigenvalue weighted by Gasteiger charge is 2.30. The molecule has 0 radical (unpaired) electrons. The SMILES string of the molecule is CC(c1nc2ccc(C(=O)O)cc2n1CC1CCO1)N1CCC(Oc2ccnc(COc3ccc(F)cc3F)n2)CC1. The predicted octanol–water partition coefficient (Wildman–Crippen LogP) is 4.78. The van der Waals surface area contributed by atoms with Crippen LogP contribution < -0.4 is 9.47 Å². The van der Waals surface area contributed by atoms with Gasteiger partial charge in [0, 0.05) is 38.0 Å². The van der Waals surface area contributed by atoms with Crippen molar-refractivity contribution in [3.8, 4) is 11.6 Å². The smallest absolute Gasteiger partial charge is 0.335 e. The normalized spacial score (nSPS) is 18.5. The molecule has 2 atom stereocenters. The maximum Gasteiger partial charge on any atom is 0.335 e. The number of hydrogen-bond acceptors (Lipinski definition) is 8. The van der Waals surface area contributed by atoms with Crippen molar-refractivity contribution in [2.75, 3.05) is 19.7 Å². The molecule has 42 heavy (non-hydrogen) atoms. The molecule has 4 aromatic rings. The Morgan fingerprint density at radius 3 is 2.64 bits per heavy atom. The van der Waals surface area contributed by atoms with E-state index >= 15 is 0 Å². The first-order valence-electron chi connectivity index (χ1n) is 14.0. The number of fused-ring (bicyclic) bond motifs is 1. The van der Waals surface area contributed by atoms with Gasteiger partial charge >= 0.3 is 5.97 Å². The molecule has 2 aromatic carbocycles. The van der Waals surface area contributed by atoms with Crippen molar-refractivity contribution < 1.29 is 32.9 Å². The second kappa shape index (κ2) is 12.0. The van der Waals surface area contributed by atoms with Gasteiger partial charge in [-0.3, -0.25) is 4.90 Å². The summed E-state index contributed by atoms with van der Waals surface area (Å²) in [5.74, 6) is -0.895. The molecule has 0 spiro atoms. The van der Waals surface area contributed by atoms with Crippen molar-refractivity contribution in [1.82, 2.24) is 24.4 Å². The Labute approximate surface area is 240 Å². The van der Waals surface area contributed by atoms with Gasteiger partial charge in [-0.1, -0.05) is 0 Å². The molecule has 6 rings (SSSR count). The molecule has 2 aliphatic heterocycles. The zero-order valence-electron chi connectivity index (χ0n) is 23.1. The summed E-state index contributed by atoms with van der Waals surface area (Å²) < 4.78 is 46.4. The van der Waals surface area contributed by atoms with E-state index in [4.69, 9.17) is 19.2 Å². The topological polar surface area (TPSA) is 112 Å². The minimum Gasteiger partial charge on any atom is -0.483 e. The van der Waals surface area contributed by atoms with Gasteiger partial charge in [0.1, 0.15) is 24.4 Å². The van der Waals surface area contributed by atoms with Gasteiger partial charge < -0.3 is 23.9 Å². The molecule has 1 N–H and O–H groups in total. The quantitative estimate of drug-likeness (QED) is 0.284. The molecule has 2 saturated heterocycles. The van der Waals surface area contributed by atoms with Crippen molar-refractivity contribution in [3.63, 3.8) is 0 Å². The average Bonchev–Trinajstić information content (AvgIpc) is 3.32. The van der Waals surface area contributed by atoms with Gasteiger partial charge in [-0.2, -0.15) is 4.98 Å². The lowest BCUT2D eigenvalue weighted by atomic mass is 10.1. The van der Waals surface area contributed by atoms with Gasteiger partial charge in [0.15, 0.2) is 17.4 Å². The van der Waals surface area contributed by atoms with Crippen molar-refractivity contribution in [1.29, 1.82) is 0 Å². The summed E-state index contributed by atoms with van der Waals surface area (Å²) >= 11 is 0. The summed E-state index contributed by atoms with van der Waals surface area (Å²) in [5.41, 5.74) is 1.80. The summed E-state index contributed by atoms with van der Waals surface area (Å²) in [6, 6.07) is 9.83. The standard InChI is InChI=1S/C30H31F2N5O5/c1-18(29-34-24-4-2-19(30(38)39)14-25(24)37(29)16-22-9-13-40-22)36-11-7-21(8-12-36)42-28-6-10-33-27(35-28)17-41-26-5-3-20(31)15-23(26)32/h2-6,10,14-15,18,21-22H,7-9,11-13,16-17H2,1H3,(H,38,39). The van der Waals surface area contributed by atoms with Crippen LogP contribution in [0.3, 0.4) is 0 Å². The molecule has 4 heterocycles. The van der Waals surface area contributed by atoms with Crippen LogP contribution in [0.4, 0.5) is 8.78 Å². The monoisotopic (exact) mass is 579 g/mol. The number of rotatable bonds is 10. The largest absolute Gasteiger partial charge is 0.483 e. The molecule has 2 aromatic heterocycles. The second-order valence-corrected chi connectivity index (χ2v) is 10.6. The van der Waals surface area contributed by atoms with E-state index in [0.29, 0.717) is 18.2 Å². The van der Waals surface area contributed by atoms with Gasteiger partial charge in [0.25, 0.3) is 0 Å².